The number of fused-ring (bicyclic) bond motifs is 3. The normalized spacial score (nSPS) is 15.1. The molecule has 0 bridgehead atoms. The van der Waals surface area contributed by atoms with Crippen LogP contribution in [0.5, 0.6) is 5.75 Å². The van der Waals surface area contributed by atoms with Gasteiger partial charge in [-0.25, -0.2) is 0 Å². The fourth-order valence-corrected chi connectivity index (χ4v) is 4.64. The number of carboxylic acid groups (broad SMARTS) is 1. The van der Waals surface area contributed by atoms with E-state index in [0.29, 0.717) is 27.1 Å². The summed E-state index contributed by atoms with van der Waals surface area (Å²) in [6.45, 7) is 0. The van der Waals surface area contributed by atoms with Crippen molar-refractivity contribution in [1.82, 2.24) is 4.57 Å². The van der Waals surface area contributed by atoms with E-state index in [2.05, 4.69) is 0 Å². The molecule has 0 saturated heterocycles. The van der Waals surface area contributed by atoms with Crippen molar-refractivity contribution in [2.24, 2.45) is 12.0 Å². The largest absolute Gasteiger partial charge is 0.497 e. The van der Waals surface area contributed by atoms with Gasteiger partial charge in [-0.1, -0.05) is 35.1 Å². The average molecular weight is 429 g/mol. The predicted molar refractivity (Wildman–Crippen MR) is 114 cm³/mol. The minimum Gasteiger partial charge on any atom is -0.497 e. The first-order chi connectivity index (χ1) is 13.9. The molecule has 1 N–H and O–H groups in total. The Kier molecular flexibility index (Phi) is 5.02. The summed E-state index contributed by atoms with van der Waals surface area (Å²) in [5, 5.41) is 10.1. The molecular weight excluding hydrogens is 412 g/mol. The number of aromatic nitrogens is 1. The Morgan fingerprint density at radius 1 is 1.24 bits per heavy atom. The molecule has 8 heteroatoms. The van der Waals surface area contributed by atoms with Crippen molar-refractivity contribution in [2.45, 2.75) is 12.5 Å². The van der Waals surface area contributed by atoms with Crippen LogP contribution in [0.2, 0.25) is 5.02 Å². The number of carboxylic acids is 1. The van der Waals surface area contributed by atoms with Crippen LogP contribution in [0.25, 0.3) is 11.3 Å². The summed E-state index contributed by atoms with van der Waals surface area (Å²) in [5.41, 5.74) is 3.71. The molecule has 1 unspecified atom stereocenters. The molecule has 0 spiro atoms. The number of rotatable bonds is 4. The molecule has 2 aromatic carbocycles. The number of aliphatic imine (C=N–C) groups is 1. The van der Waals surface area contributed by atoms with Gasteiger partial charge in [-0.15, -0.1) is 0 Å². The maximum absolute atomic E-state index is 12.4. The summed E-state index contributed by atoms with van der Waals surface area (Å²) in [6, 6.07) is 12.1. The quantitative estimate of drug-likeness (QED) is 0.677. The van der Waals surface area contributed by atoms with Crippen molar-refractivity contribution in [3.05, 3.63) is 73.2 Å². The van der Waals surface area contributed by atoms with Gasteiger partial charge in [-0.2, -0.15) is 0 Å². The summed E-state index contributed by atoms with van der Waals surface area (Å²) in [7, 11) is 3.27. The molecule has 1 atom stereocenters. The fraction of sp³-hybridized carbons (Fsp3) is 0.190. The van der Waals surface area contributed by atoms with E-state index in [0.717, 1.165) is 28.0 Å². The van der Waals surface area contributed by atoms with Crippen LogP contribution < -0.4 is 9.61 Å². The SMILES string of the molecule is COc1ccc2c(c1)C(c1ccc(Cl)cc1)=NC(CC(=O)O)c1sc(=O)n(C)c1-2. The number of nitrogens with zero attached hydrogens (tertiary/aromatic N) is 2. The molecular formula is C21H17ClN2O4S. The number of ether oxygens (including phenoxy) is 1. The fourth-order valence-electron chi connectivity index (χ4n) is 3.48. The Labute approximate surface area is 175 Å². The van der Waals surface area contributed by atoms with Crippen LogP contribution >= 0.6 is 22.9 Å². The summed E-state index contributed by atoms with van der Waals surface area (Å²) < 4.78 is 6.96. The van der Waals surface area contributed by atoms with E-state index in [4.69, 9.17) is 21.3 Å². The third-order valence-corrected chi connectivity index (χ3v) is 6.24. The maximum Gasteiger partial charge on any atom is 0.307 e. The number of hydrogen-bond donors (Lipinski definition) is 1. The third kappa shape index (κ3) is 3.47. The molecule has 4 rings (SSSR count). The molecule has 6 nitrogen and oxygen atoms in total. The lowest BCUT2D eigenvalue weighted by molar-refractivity contribution is -0.137. The Morgan fingerprint density at radius 2 is 1.97 bits per heavy atom. The Morgan fingerprint density at radius 3 is 2.62 bits per heavy atom. The van der Waals surface area contributed by atoms with Crippen LogP contribution in [-0.2, 0) is 11.8 Å². The average Bonchev–Trinajstić information content (AvgIpc) is 2.92. The summed E-state index contributed by atoms with van der Waals surface area (Å²) in [6.07, 6.45) is -0.213. The van der Waals surface area contributed by atoms with Gasteiger partial charge >= 0.3 is 10.8 Å². The molecule has 1 aromatic heterocycles. The first-order valence-corrected chi connectivity index (χ1v) is 10.0. The van der Waals surface area contributed by atoms with Gasteiger partial charge < -0.3 is 14.4 Å². The molecule has 0 amide bonds. The summed E-state index contributed by atoms with van der Waals surface area (Å²) in [5.74, 6) is -0.337. The van der Waals surface area contributed by atoms with Crippen molar-refractivity contribution in [3.63, 3.8) is 0 Å². The Hall–Kier alpha value is -2.90. The molecule has 29 heavy (non-hydrogen) atoms. The number of carbonyl (C=O) groups is 1. The van der Waals surface area contributed by atoms with Crippen LogP contribution in [0.15, 0.2) is 52.3 Å². The zero-order valence-corrected chi connectivity index (χ0v) is 17.3. The molecule has 0 aliphatic carbocycles. The minimum absolute atomic E-state index is 0.155. The standard InChI is InChI=1S/C21H17ClN2O4S/c1-24-19-14-8-7-13(28-2)9-15(14)18(11-3-5-12(22)6-4-11)23-16(10-17(25)26)20(19)29-21(24)27/h3-9,16H,10H2,1-2H3,(H,25,26). The lowest BCUT2D eigenvalue weighted by Gasteiger charge is -2.13. The summed E-state index contributed by atoms with van der Waals surface area (Å²) >= 11 is 7.09. The smallest absolute Gasteiger partial charge is 0.307 e. The molecule has 2 heterocycles. The van der Waals surface area contributed by atoms with Gasteiger partial charge in [0.25, 0.3) is 0 Å². The number of aliphatic carboxylic acids is 1. The monoisotopic (exact) mass is 428 g/mol. The third-order valence-electron chi connectivity index (χ3n) is 4.85. The molecule has 1 aliphatic rings. The van der Waals surface area contributed by atoms with Crippen LogP contribution in [0.4, 0.5) is 0 Å². The first-order valence-electron chi connectivity index (χ1n) is 8.83. The zero-order valence-electron chi connectivity index (χ0n) is 15.7. The highest BCUT2D eigenvalue weighted by Gasteiger charge is 2.30. The number of halogens is 1. The van der Waals surface area contributed by atoms with E-state index in [9.17, 15) is 14.7 Å². The van der Waals surface area contributed by atoms with Gasteiger partial charge in [0.05, 0.1) is 35.9 Å². The highest BCUT2D eigenvalue weighted by atomic mass is 35.5. The van der Waals surface area contributed by atoms with Crippen molar-refractivity contribution in [1.29, 1.82) is 0 Å². The van der Waals surface area contributed by atoms with Crippen LogP contribution in [-0.4, -0.2) is 28.5 Å². The van der Waals surface area contributed by atoms with Crippen LogP contribution in [0, 0.1) is 0 Å². The minimum atomic E-state index is -0.979. The number of thiazole rings is 1. The molecule has 0 saturated carbocycles. The molecule has 148 valence electrons. The van der Waals surface area contributed by atoms with E-state index in [1.165, 1.54) is 0 Å². The van der Waals surface area contributed by atoms with Gasteiger partial charge in [0.2, 0.25) is 0 Å². The first kappa shape index (κ1) is 19.4. The van der Waals surface area contributed by atoms with E-state index >= 15 is 0 Å². The molecule has 1 aliphatic heterocycles. The van der Waals surface area contributed by atoms with Crippen molar-refractivity contribution in [3.8, 4) is 17.0 Å². The maximum atomic E-state index is 12.4. The number of methoxy groups -OCH3 is 1. The van der Waals surface area contributed by atoms with Gasteiger partial charge in [-0.05, 0) is 30.3 Å². The number of hydrogen-bond acceptors (Lipinski definition) is 5. The lowest BCUT2D eigenvalue weighted by atomic mass is 9.95. The number of benzene rings is 2. The highest BCUT2D eigenvalue weighted by molar-refractivity contribution is 7.09. The van der Waals surface area contributed by atoms with Crippen molar-refractivity contribution >= 4 is 34.6 Å². The Bertz CT molecular complexity index is 1190. The van der Waals surface area contributed by atoms with Crippen molar-refractivity contribution in [2.75, 3.05) is 7.11 Å². The van der Waals surface area contributed by atoms with E-state index < -0.39 is 12.0 Å². The zero-order chi connectivity index (χ0) is 20.7. The van der Waals surface area contributed by atoms with E-state index in [-0.39, 0.29) is 11.3 Å². The second kappa shape index (κ2) is 7.50. The van der Waals surface area contributed by atoms with Crippen molar-refractivity contribution < 1.29 is 14.6 Å². The predicted octanol–water partition coefficient (Wildman–Crippen LogP) is 4.14. The second-order valence-corrected chi connectivity index (χ2v) is 8.08. The molecule has 3 aromatic rings. The van der Waals surface area contributed by atoms with Gasteiger partial charge in [0.1, 0.15) is 5.75 Å². The van der Waals surface area contributed by atoms with E-state index in [1.54, 1.807) is 30.9 Å². The Balaban J connectivity index is 2.06. The lowest BCUT2D eigenvalue weighted by Crippen LogP contribution is -2.11. The van der Waals surface area contributed by atoms with Crippen LogP contribution in [0.3, 0.4) is 0 Å². The highest BCUT2D eigenvalue weighted by Crippen LogP contribution is 2.41. The van der Waals surface area contributed by atoms with Gasteiger partial charge in [0, 0.05) is 28.8 Å². The van der Waals surface area contributed by atoms with Gasteiger partial charge in [0.15, 0.2) is 0 Å². The van der Waals surface area contributed by atoms with Gasteiger partial charge in [-0.3, -0.25) is 14.6 Å². The molecule has 0 fully saturated rings. The second-order valence-electron chi connectivity index (χ2n) is 6.65. The van der Waals surface area contributed by atoms with E-state index in [1.807, 2.05) is 30.3 Å². The molecule has 0 radical (unpaired) electrons. The van der Waals surface area contributed by atoms with Crippen LogP contribution in [0.1, 0.15) is 28.5 Å². The topological polar surface area (TPSA) is 80.9 Å². The summed E-state index contributed by atoms with van der Waals surface area (Å²) in [4.78, 5) is 29.3.